The summed E-state index contributed by atoms with van der Waals surface area (Å²) in [5, 5.41) is 4.24. The number of benzene rings is 3. The number of rotatable bonds is 4. The van der Waals surface area contributed by atoms with Crippen LogP contribution in [0.25, 0.3) is 27.6 Å². The number of hydrogen-bond acceptors (Lipinski definition) is 4. The monoisotopic (exact) mass is 367 g/mol. The van der Waals surface area contributed by atoms with Gasteiger partial charge in [0, 0.05) is 11.9 Å². The lowest BCUT2D eigenvalue weighted by molar-refractivity contribution is 1.02. The van der Waals surface area contributed by atoms with Crippen molar-refractivity contribution in [3.8, 4) is 5.69 Å². The van der Waals surface area contributed by atoms with Gasteiger partial charge in [0.2, 0.25) is 0 Å². The van der Waals surface area contributed by atoms with E-state index in [2.05, 4.69) is 32.4 Å². The summed E-state index contributed by atoms with van der Waals surface area (Å²) in [5.74, 6) is 0.740. The fourth-order valence-corrected chi connectivity index (χ4v) is 3.41. The maximum absolute atomic E-state index is 12.6. The Balaban J connectivity index is 1.62. The molecule has 0 spiro atoms. The molecule has 0 aliphatic rings. The fraction of sp³-hybridized carbons (Fsp3) is 0.0455. The van der Waals surface area contributed by atoms with E-state index in [1.54, 1.807) is 10.9 Å². The van der Waals surface area contributed by atoms with Crippen LogP contribution in [0.3, 0.4) is 0 Å². The van der Waals surface area contributed by atoms with Crippen LogP contribution in [-0.4, -0.2) is 19.5 Å². The third-order valence-electron chi connectivity index (χ3n) is 4.76. The molecule has 6 nitrogen and oxygen atoms in total. The van der Waals surface area contributed by atoms with Crippen molar-refractivity contribution in [3.63, 3.8) is 0 Å². The highest BCUT2D eigenvalue weighted by molar-refractivity contribution is 5.98. The standard InChI is InChI=1S/C22H17N5O/c28-22-26-19-11-17-18(12-20(19)27(22)16-9-5-2-6-10-16)24-14-25-21(17)23-13-15-7-3-1-4-8-15/h1-12,14H,13H2,(H,26,28)(H,23,24,25). The van der Waals surface area contributed by atoms with E-state index in [1.165, 1.54) is 5.56 Å². The van der Waals surface area contributed by atoms with Crippen LogP contribution in [0.5, 0.6) is 0 Å². The number of anilines is 1. The maximum atomic E-state index is 12.6. The molecule has 5 rings (SSSR count). The number of nitrogens with zero attached hydrogens (tertiary/aromatic N) is 3. The highest BCUT2D eigenvalue weighted by Crippen LogP contribution is 2.25. The molecule has 0 fully saturated rings. The van der Waals surface area contributed by atoms with Crippen LogP contribution in [-0.2, 0) is 6.54 Å². The molecular weight excluding hydrogens is 350 g/mol. The number of para-hydroxylation sites is 1. The zero-order valence-corrected chi connectivity index (χ0v) is 15.0. The number of aromatic amines is 1. The molecule has 5 aromatic rings. The van der Waals surface area contributed by atoms with Crippen LogP contribution in [0.4, 0.5) is 5.82 Å². The van der Waals surface area contributed by atoms with Crippen molar-refractivity contribution in [3.05, 3.63) is 95.2 Å². The van der Waals surface area contributed by atoms with Gasteiger partial charge in [0.05, 0.1) is 22.2 Å². The summed E-state index contributed by atoms with van der Waals surface area (Å²) in [6.45, 7) is 0.659. The van der Waals surface area contributed by atoms with E-state index < -0.39 is 0 Å². The average Bonchev–Trinajstić information content (AvgIpc) is 3.06. The Morgan fingerprint density at radius 3 is 2.46 bits per heavy atom. The predicted octanol–water partition coefficient (Wildman–Crippen LogP) is 3.87. The van der Waals surface area contributed by atoms with Crippen molar-refractivity contribution >= 4 is 27.8 Å². The molecule has 28 heavy (non-hydrogen) atoms. The van der Waals surface area contributed by atoms with Gasteiger partial charge in [-0.2, -0.15) is 0 Å². The largest absolute Gasteiger partial charge is 0.365 e. The number of imidazole rings is 1. The highest BCUT2D eigenvalue weighted by Gasteiger charge is 2.12. The zero-order chi connectivity index (χ0) is 18.9. The number of hydrogen-bond donors (Lipinski definition) is 2. The molecule has 0 radical (unpaired) electrons. The second kappa shape index (κ2) is 6.66. The molecule has 0 saturated heterocycles. The summed E-state index contributed by atoms with van der Waals surface area (Å²) in [7, 11) is 0. The SMILES string of the molecule is O=c1[nH]c2cc3c(NCc4ccccc4)ncnc3cc2n1-c1ccccc1. The summed E-state index contributed by atoms with van der Waals surface area (Å²) < 4.78 is 1.66. The van der Waals surface area contributed by atoms with Crippen LogP contribution in [0.15, 0.2) is 83.9 Å². The molecule has 2 aromatic heterocycles. The molecule has 0 aliphatic carbocycles. The Hall–Kier alpha value is -3.93. The van der Waals surface area contributed by atoms with Gasteiger partial charge >= 0.3 is 5.69 Å². The summed E-state index contributed by atoms with van der Waals surface area (Å²) in [6.07, 6.45) is 1.54. The van der Waals surface area contributed by atoms with Gasteiger partial charge in [0.15, 0.2) is 0 Å². The van der Waals surface area contributed by atoms with E-state index in [0.717, 1.165) is 33.4 Å². The molecule has 2 N–H and O–H groups in total. The number of H-pyrrole nitrogens is 1. The summed E-state index contributed by atoms with van der Waals surface area (Å²) >= 11 is 0. The van der Waals surface area contributed by atoms with Crippen molar-refractivity contribution in [2.45, 2.75) is 6.54 Å². The Labute approximate surface area is 160 Å². The summed E-state index contributed by atoms with van der Waals surface area (Å²) in [5.41, 5.74) is 4.12. The molecule has 136 valence electrons. The normalized spacial score (nSPS) is 11.1. The second-order valence-electron chi connectivity index (χ2n) is 6.55. The van der Waals surface area contributed by atoms with Crippen LogP contribution in [0.2, 0.25) is 0 Å². The average molecular weight is 367 g/mol. The van der Waals surface area contributed by atoms with Crippen molar-refractivity contribution in [2.24, 2.45) is 0 Å². The number of aromatic nitrogens is 4. The van der Waals surface area contributed by atoms with E-state index in [-0.39, 0.29) is 5.69 Å². The zero-order valence-electron chi connectivity index (χ0n) is 15.0. The molecule has 2 heterocycles. The topological polar surface area (TPSA) is 75.6 Å². The van der Waals surface area contributed by atoms with E-state index in [0.29, 0.717) is 6.54 Å². The fourth-order valence-electron chi connectivity index (χ4n) is 3.41. The minimum atomic E-state index is -0.178. The Bertz CT molecular complexity index is 1320. The first-order valence-corrected chi connectivity index (χ1v) is 9.02. The molecule has 0 saturated carbocycles. The van der Waals surface area contributed by atoms with Crippen molar-refractivity contribution < 1.29 is 0 Å². The number of fused-ring (bicyclic) bond motifs is 2. The first-order valence-electron chi connectivity index (χ1n) is 9.02. The van der Waals surface area contributed by atoms with Gasteiger partial charge < -0.3 is 10.3 Å². The predicted molar refractivity (Wildman–Crippen MR) is 111 cm³/mol. The second-order valence-corrected chi connectivity index (χ2v) is 6.55. The quantitative estimate of drug-likeness (QED) is 0.506. The Kier molecular flexibility index (Phi) is 3.87. The molecule has 3 aromatic carbocycles. The molecule has 0 unspecified atom stereocenters. The smallest absolute Gasteiger partial charge is 0.331 e. The lowest BCUT2D eigenvalue weighted by Crippen LogP contribution is -2.14. The van der Waals surface area contributed by atoms with Gasteiger partial charge in [0.25, 0.3) is 0 Å². The molecule has 0 aliphatic heterocycles. The van der Waals surface area contributed by atoms with Gasteiger partial charge in [-0.15, -0.1) is 0 Å². The van der Waals surface area contributed by atoms with Crippen LogP contribution >= 0.6 is 0 Å². The molecule has 6 heteroatoms. The highest BCUT2D eigenvalue weighted by atomic mass is 16.1. The first kappa shape index (κ1) is 16.3. The van der Waals surface area contributed by atoms with E-state index >= 15 is 0 Å². The summed E-state index contributed by atoms with van der Waals surface area (Å²) in [6, 6.07) is 23.6. The number of nitrogens with one attached hydrogen (secondary N) is 2. The summed E-state index contributed by atoms with van der Waals surface area (Å²) in [4.78, 5) is 24.3. The molecular formula is C22H17N5O. The lowest BCUT2D eigenvalue weighted by atomic mass is 10.2. The lowest BCUT2D eigenvalue weighted by Gasteiger charge is -2.09. The minimum absolute atomic E-state index is 0.178. The maximum Gasteiger partial charge on any atom is 0.331 e. The van der Waals surface area contributed by atoms with Crippen molar-refractivity contribution in [1.29, 1.82) is 0 Å². The molecule has 0 atom stereocenters. The van der Waals surface area contributed by atoms with E-state index in [9.17, 15) is 4.79 Å². The third kappa shape index (κ3) is 2.81. The Morgan fingerprint density at radius 2 is 1.68 bits per heavy atom. The van der Waals surface area contributed by atoms with Crippen molar-refractivity contribution in [2.75, 3.05) is 5.32 Å². The van der Waals surface area contributed by atoms with Gasteiger partial charge in [0.1, 0.15) is 12.1 Å². The van der Waals surface area contributed by atoms with Gasteiger partial charge in [-0.1, -0.05) is 48.5 Å². The van der Waals surface area contributed by atoms with Gasteiger partial charge in [-0.3, -0.25) is 4.57 Å². The van der Waals surface area contributed by atoms with Crippen molar-refractivity contribution in [1.82, 2.24) is 19.5 Å². The van der Waals surface area contributed by atoms with Crippen LogP contribution in [0.1, 0.15) is 5.56 Å². The van der Waals surface area contributed by atoms with Gasteiger partial charge in [-0.05, 0) is 29.8 Å². The van der Waals surface area contributed by atoms with Gasteiger partial charge in [-0.25, -0.2) is 14.8 Å². The first-order chi connectivity index (χ1) is 13.8. The van der Waals surface area contributed by atoms with Crippen LogP contribution < -0.4 is 11.0 Å². The minimum Gasteiger partial charge on any atom is -0.365 e. The van der Waals surface area contributed by atoms with Crippen LogP contribution in [0, 0.1) is 0 Å². The molecule has 0 amide bonds. The Morgan fingerprint density at radius 1 is 0.929 bits per heavy atom. The third-order valence-corrected chi connectivity index (χ3v) is 4.76. The molecule has 0 bridgehead atoms. The van der Waals surface area contributed by atoms with E-state index in [4.69, 9.17) is 0 Å². The van der Waals surface area contributed by atoms with E-state index in [1.807, 2.05) is 60.7 Å².